The average molecular weight is 204 g/mol. The monoisotopic (exact) mass is 204 g/mol. The predicted octanol–water partition coefficient (Wildman–Crippen LogP) is 1.16. The molecule has 5 nitrogen and oxygen atoms in total. The van der Waals surface area contributed by atoms with Gasteiger partial charge in [0.15, 0.2) is 11.5 Å². The summed E-state index contributed by atoms with van der Waals surface area (Å²) in [7, 11) is 0. The molecule has 15 heavy (non-hydrogen) atoms. The molecule has 1 atom stereocenters. The molecule has 0 amide bonds. The SMILES string of the molecule is Nc1cccc2nnc(C3CCCO3)n12. The Hall–Kier alpha value is -1.62. The lowest BCUT2D eigenvalue weighted by Gasteiger charge is -2.08. The maximum atomic E-state index is 5.90. The molecule has 0 aliphatic carbocycles. The lowest BCUT2D eigenvalue weighted by atomic mass is 10.2. The molecular weight excluding hydrogens is 192 g/mol. The summed E-state index contributed by atoms with van der Waals surface area (Å²) in [5, 5.41) is 8.22. The first-order chi connectivity index (χ1) is 7.36. The molecule has 2 N–H and O–H groups in total. The summed E-state index contributed by atoms with van der Waals surface area (Å²) in [5.41, 5.74) is 6.67. The Morgan fingerprint density at radius 1 is 1.40 bits per heavy atom. The fourth-order valence-corrected chi connectivity index (χ4v) is 1.98. The van der Waals surface area contributed by atoms with E-state index in [0.29, 0.717) is 5.82 Å². The molecule has 1 aliphatic heterocycles. The number of nitrogens with zero attached hydrogens (tertiary/aromatic N) is 3. The second kappa shape index (κ2) is 3.20. The van der Waals surface area contributed by atoms with E-state index in [0.717, 1.165) is 30.9 Å². The molecule has 3 rings (SSSR count). The molecule has 0 spiro atoms. The third-order valence-electron chi connectivity index (χ3n) is 2.70. The Labute approximate surface area is 86.9 Å². The van der Waals surface area contributed by atoms with E-state index < -0.39 is 0 Å². The highest BCUT2D eigenvalue weighted by molar-refractivity contribution is 5.47. The van der Waals surface area contributed by atoms with E-state index in [1.165, 1.54) is 0 Å². The lowest BCUT2D eigenvalue weighted by Crippen LogP contribution is -2.05. The van der Waals surface area contributed by atoms with E-state index in [4.69, 9.17) is 10.5 Å². The molecule has 78 valence electrons. The summed E-state index contributed by atoms with van der Waals surface area (Å²) in [6.45, 7) is 0.798. The van der Waals surface area contributed by atoms with Crippen LogP contribution in [-0.4, -0.2) is 21.2 Å². The maximum absolute atomic E-state index is 5.90. The zero-order chi connectivity index (χ0) is 10.3. The van der Waals surface area contributed by atoms with Gasteiger partial charge in [-0.25, -0.2) is 0 Å². The molecule has 1 saturated heterocycles. The van der Waals surface area contributed by atoms with Crippen LogP contribution in [0.3, 0.4) is 0 Å². The highest BCUT2D eigenvalue weighted by atomic mass is 16.5. The molecule has 2 aromatic rings. The summed E-state index contributed by atoms with van der Waals surface area (Å²) in [6.07, 6.45) is 2.12. The third kappa shape index (κ3) is 1.27. The van der Waals surface area contributed by atoms with E-state index in [1.807, 2.05) is 22.6 Å². The molecule has 2 aromatic heterocycles. The normalized spacial score (nSPS) is 21.2. The Balaban J connectivity index is 2.18. The second-order valence-electron chi connectivity index (χ2n) is 3.70. The van der Waals surface area contributed by atoms with Gasteiger partial charge in [-0.3, -0.25) is 4.40 Å². The van der Waals surface area contributed by atoms with Crippen molar-refractivity contribution >= 4 is 11.5 Å². The van der Waals surface area contributed by atoms with Crippen molar-refractivity contribution in [3.63, 3.8) is 0 Å². The van der Waals surface area contributed by atoms with Gasteiger partial charge >= 0.3 is 0 Å². The van der Waals surface area contributed by atoms with Crippen molar-refractivity contribution in [2.45, 2.75) is 18.9 Å². The largest absolute Gasteiger partial charge is 0.385 e. The fraction of sp³-hybridized carbons (Fsp3) is 0.400. The molecule has 1 aliphatic rings. The predicted molar refractivity (Wildman–Crippen MR) is 55.3 cm³/mol. The van der Waals surface area contributed by atoms with Crippen molar-refractivity contribution in [1.82, 2.24) is 14.6 Å². The number of aromatic nitrogens is 3. The molecule has 5 heteroatoms. The molecule has 0 aromatic carbocycles. The third-order valence-corrected chi connectivity index (χ3v) is 2.70. The Kier molecular flexibility index (Phi) is 1.85. The van der Waals surface area contributed by atoms with Crippen LogP contribution in [-0.2, 0) is 4.74 Å². The number of hydrogen-bond acceptors (Lipinski definition) is 4. The summed E-state index contributed by atoms with van der Waals surface area (Å²) in [6, 6.07) is 5.61. The van der Waals surface area contributed by atoms with Gasteiger partial charge in [-0.05, 0) is 25.0 Å². The summed E-state index contributed by atoms with van der Waals surface area (Å²) in [5.74, 6) is 1.48. The van der Waals surface area contributed by atoms with E-state index in [9.17, 15) is 0 Å². The van der Waals surface area contributed by atoms with Crippen molar-refractivity contribution < 1.29 is 4.74 Å². The van der Waals surface area contributed by atoms with Gasteiger partial charge in [-0.2, -0.15) is 0 Å². The topological polar surface area (TPSA) is 65.4 Å². The van der Waals surface area contributed by atoms with Gasteiger partial charge in [0, 0.05) is 6.61 Å². The maximum Gasteiger partial charge on any atom is 0.168 e. The van der Waals surface area contributed by atoms with E-state index in [-0.39, 0.29) is 6.10 Å². The van der Waals surface area contributed by atoms with Crippen molar-refractivity contribution in [2.75, 3.05) is 12.3 Å². The highest BCUT2D eigenvalue weighted by Gasteiger charge is 2.23. The number of fused-ring (bicyclic) bond motifs is 1. The number of ether oxygens (including phenoxy) is 1. The number of rotatable bonds is 1. The molecular formula is C10H12N4O. The number of nitrogen functional groups attached to an aromatic ring is 1. The van der Waals surface area contributed by atoms with Crippen LogP contribution in [0.15, 0.2) is 18.2 Å². The van der Waals surface area contributed by atoms with Crippen molar-refractivity contribution in [1.29, 1.82) is 0 Å². The summed E-state index contributed by atoms with van der Waals surface area (Å²) in [4.78, 5) is 0. The van der Waals surface area contributed by atoms with E-state index >= 15 is 0 Å². The lowest BCUT2D eigenvalue weighted by molar-refractivity contribution is 0.104. The van der Waals surface area contributed by atoms with Crippen LogP contribution in [0.4, 0.5) is 5.82 Å². The number of nitrogens with two attached hydrogens (primary N) is 1. The number of anilines is 1. The zero-order valence-corrected chi connectivity index (χ0v) is 8.26. The minimum absolute atomic E-state index is 0.0460. The molecule has 1 fully saturated rings. The molecule has 3 heterocycles. The molecule has 0 radical (unpaired) electrons. The van der Waals surface area contributed by atoms with E-state index in [1.54, 1.807) is 0 Å². The van der Waals surface area contributed by atoms with Crippen molar-refractivity contribution in [3.8, 4) is 0 Å². The standard InChI is InChI=1S/C10H12N4O/c11-8-4-1-5-9-12-13-10(14(8)9)7-3-2-6-15-7/h1,4-5,7H,2-3,6,11H2. The van der Waals surface area contributed by atoms with Gasteiger partial charge < -0.3 is 10.5 Å². The van der Waals surface area contributed by atoms with Gasteiger partial charge in [0.05, 0.1) is 0 Å². The first-order valence-electron chi connectivity index (χ1n) is 5.07. The highest BCUT2D eigenvalue weighted by Crippen LogP contribution is 2.28. The Morgan fingerprint density at radius 3 is 3.13 bits per heavy atom. The van der Waals surface area contributed by atoms with Gasteiger partial charge in [0.25, 0.3) is 0 Å². The second-order valence-corrected chi connectivity index (χ2v) is 3.70. The zero-order valence-electron chi connectivity index (χ0n) is 8.26. The Bertz CT molecular complexity index is 487. The van der Waals surface area contributed by atoms with Gasteiger partial charge in [0.2, 0.25) is 0 Å². The minimum atomic E-state index is 0.0460. The van der Waals surface area contributed by atoms with Crippen LogP contribution in [0.2, 0.25) is 0 Å². The molecule has 0 bridgehead atoms. The first kappa shape index (κ1) is 8.67. The van der Waals surface area contributed by atoms with Gasteiger partial charge in [-0.1, -0.05) is 6.07 Å². The van der Waals surface area contributed by atoms with Crippen LogP contribution in [0.1, 0.15) is 24.8 Å². The van der Waals surface area contributed by atoms with Crippen LogP contribution in [0.5, 0.6) is 0 Å². The smallest absolute Gasteiger partial charge is 0.168 e. The fourth-order valence-electron chi connectivity index (χ4n) is 1.98. The van der Waals surface area contributed by atoms with Gasteiger partial charge in [-0.15, -0.1) is 10.2 Å². The first-order valence-corrected chi connectivity index (χ1v) is 5.07. The minimum Gasteiger partial charge on any atom is -0.385 e. The summed E-state index contributed by atoms with van der Waals surface area (Å²) < 4.78 is 7.44. The van der Waals surface area contributed by atoms with Gasteiger partial charge in [0.1, 0.15) is 11.9 Å². The average Bonchev–Trinajstić information content (AvgIpc) is 2.85. The molecule has 1 unspecified atom stereocenters. The van der Waals surface area contributed by atoms with Crippen LogP contribution < -0.4 is 5.73 Å². The van der Waals surface area contributed by atoms with Crippen molar-refractivity contribution in [2.24, 2.45) is 0 Å². The summed E-state index contributed by atoms with van der Waals surface area (Å²) >= 11 is 0. The van der Waals surface area contributed by atoms with Crippen LogP contribution >= 0.6 is 0 Å². The van der Waals surface area contributed by atoms with Crippen LogP contribution in [0, 0.1) is 0 Å². The quantitative estimate of drug-likeness (QED) is 0.757. The molecule has 0 saturated carbocycles. The number of pyridine rings is 1. The van der Waals surface area contributed by atoms with Crippen molar-refractivity contribution in [3.05, 3.63) is 24.0 Å². The number of hydrogen-bond donors (Lipinski definition) is 1. The van der Waals surface area contributed by atoms with Crippen LogP contribution in [0.25, 0.3) is 5.65 Å². The Morgan fingerprint density at radius 2 is 2.33 bits per heavy atom. The van der Waals surface area contributed by atoms with E-state index in [2.05, 4.69) is 10.2 Å².